The Kier molecular flexibility index (Phi) is 4.96. The van der Waals surface area contributed by atoms with Crippen LogP contribution in [0.15, 0.2) is 77.9 Å². The molecule has 134 valence electrons. The largest absolute Gasteiger partial charge is 0.245 e. The number of hydrogen-bond donors (Lipinski definition) is 1. The molecule has 0 aliphatic carbocycles. The first-order valence-corrected chi connectivity index (χ1v) is 8.93. The Bertz CT molecular complexity index is 1210. The van der Waals surface area contributed by atoms with E-state index in [1.54, 1.807) is 18.3 Å². The molecule has 0 aliphatic heterocycles. The molecule has 1 N–H and O–H groups in total. The summed E-state index contributed by atoms with van der Waals surface area (Å²) in [4.78, 5) is 9.14. The third kappa shape index (κ3) is 3.68. The number of halogens is 1. The van der Waals surface area contributed by atoms with Crippen molar-refractivity contribution >= 4 is 34.7 Å². The monoisotopic (exact) mass is 383 g/mol. The van der Waals surface area contributed by atoms with E-state index in [4.69, 9.17) is 11.6 Å². The molecule has 0 amide bonds. The van der Waals surface area contributed by atoms with Crippen LogP contribution in [0.2, 0.25) is 5.02 Å². The highest BCUT2D eigenvalue weighted by atomic mass is 35.5. The van der Waals surface area contributed by atoms with E-state index in [-0.39, 0.29) is 0 Å². The van der Waals surface area contributed by atoms with Crippen molar-refractivity contribution in [2.45, 2.75) is 0 Å². The number of anilines is 1. The number of aromatic nitrogens is 2. The van der Waals surface area contributed by atoms with E-state index < -0.39 is 0 Å². The molecule has 3 aromatic carbocycles. The quantitative estimate of drug-likeness (QED) is 0.385. The van der Waals surface area contributed by atoms with Crippen molar-refractivity contribution < 1.29 is 0 Å². The van der Waals surface area contributed by atoms with E-state index in [0.29, 0.717) is 22.1 Å². The van der Waals surface area contributed by atoms with Gasteiger partial charge in [-0.2, -0.15) is 10.4 Å². The minimum absolute atomic E-state index is 0.361. The second-order valence-corrected chi connectivity index (χ2v) is 6.43. The van der Waals surface area contributed by atoms with Crippen molar-refractivity contribution in [2.24, 2.45) is 5.10 Å². The van der Waals surface area contributed by atoms with Gasteiger partial charge in [-0.05, 0) is 24.3 Å². The molecule has 0 unspecified atom stereocenters. The van der Waals surface area contributed by atoms with Gasteiger partial charge in [-0.3, -0.25) is 0 Å². The predicted octanol–water partition coefficient (Wildman–Crippen LogP) is 5.27. The van der Waals surface area contributed by atoms with Crippen LogP contribution in [0.1, 0.15) is 11.1 Å². The maximum Gasteiger partial charge on any atom is 0.244 e. The highest BCUT2D eigenvalue weighted by molar-refractivity contribution is 6.31. The van der Waals surface area contributed by atoms with E-state index in [0.717, 1.165) is 22.2 Å². The Hall–Kier alpha value is -3.75. The van der Waals surface area contributed by atoms with Crippen molar-refractivity contribution in [3.05, 3.63) is 88.9 Å². The summed E-state index contributed by atoms with van der Waals surface area (Å²) >= 11 is 6.18. The van der Waals surface area contributed by atoms with Crippen LogP contribution in [0.5, 0.6) is 0 Å². The summed E-state index contributed by atoms with van der Waals surface area (Å²) in [5.74, 6) is 0.361. The summed E-state index contributed by atoms with van der Waals surface area (Å²) in [5.41, 5.74) is 6.61. The topological polar surface area (TPSA) is 74.0 Å². The van der Waals surface area contributed by atoms with Gasteiger partial charge in [0.05, 0.1) is 29.1 Å². The maximum atomic E-state index is 9.17. The average molecular weight is 384 g/mol. The van der Waals surface area contributed by atoms with Crippen molar-refractivity contribution in [3.8, 4) is 17.3 Å². The standard InChI is InChI=1S/C22H14ClN5/c23-18-10-11-20-19(12-18)21(15-6-2-1-3-7-15)27-22(26-20)28-25-14-17-9-5-4-8-16(17)13-24/h1-12,14H,(H,26,27,28). The number of rotatable bonds is 4. The third-order valence-electron chi connectivity index (χ3n) is 4.15. The van der Waals surface area contributed by atoms with E-state index in [2.05, 4.69) is 26.6 Å². The zero-order valence-corrected chi connectivity index (χ0v) is 15.4. The lowest BCUT2D eigenvalue weighted by molar-refractivity contribution is 1.16. The molecule has 0 radical (unpaired) electrons. The minimum atomic E-state index is 0.361. The van der Waals surface area contributed by atoms with Crippen LogP contribution in [0.4, 0.5) is 5.95 Å². The van der Waals surface area contributed by atoms with Gasteiger partial charge in [-0.25, -0.2) is 15.4 Å². The van der Waals surface area contributed by atoms with E-state index >= 15 is 0 Å². The normalized spacial score (nSPS) is 10.9. The van der Waals surface area contributed by atoms with Crippen molar-refractivity contribution in [1.29, 1.82) is 5.26 Å². The summed E-state index contributed by atoms with van der Waals surface area (Å²) < 4.78 is 0. The van der Waals surface area contributed by atoms with Crippen LogP contribution in [0.25, 0.3) is 22.2 Å². The highest BCUT2D eigenvalue weighted by Crippen LogP contribution is 2.29. The molecule has 4 aromatic rings. The lowest BCUT2D eigenvalue weighted by Crippen LogP contribution is -2.00. The van der Waals surface area contributed by atoms with Crippen LogP contribution >= 0.6 is 11.6 Å². The molecular formula is C22H14ClN5. The third-order valence-corrected chi connectivity index (χ3v) is 4.39. The Morgan fingerprint density at radius 3 is 2.57 bits per heavy atom. The molecule has 0 saturated heterocycles. The van der Waals surface area contributed by atoms with Gasteiger partial charge in [0.15, 0.2) is 0 Å². The molecule has 0 spiro atoms. The second-order valence-electron chi connectivity index (χ2n) is 5.99. The van der Waals surface area contributed by atoms with Gasteiger partial charge >= 0.3 is 0 Å². The molecular weight excluding hydrogens is 370 g/mol. The van der Waals surface area contributed by atoms with Crippen LogP contribution in [0, 0.1) is 11.3 Å². The van der Waals surface area contributed by atoms with Gasteiger partial charge in [-0.1, -0.05) is 60.1 Å². The molecule has 5 nitrogen and oxygen atoms in total. The van der Waals surface area contributed by atoms with Crippen LogP contribution in [0.3, 0.4) is 0 Å². The molecule has 0 bridgehead atoms. The molecule has 6 heteroatoms. The first-order chi connectivity index (χ1) is 13.7. The molecule has 0 atom stereocenters. The zero-order chi connectivity index (χ0) is 19.3. The van der Waals surface area contributed by atoms with Crippen molar-refractivity contribution in [2.75, 3.05) is 5.43 Å². The molecule has 0 fully saturated rings. The second kappa shape index (κ2) is 7.87. The lowest BCUT2D eigenvalue weighted by atomic mass is 10.1. The molecule has 0 aliphatic rings. The molecule has 1 aromatic heterocycles. The molecule has 0 saturated carbocycles. The summed E-state index contributed by atoms with van der Waals surface area (Å²) in [6, 6.07) is 24.7. The van der Waals surface area contributed by atoms with Gasteiger partial charge in [0, 0.05) is 21.5 Å². The molecule has 28 heavy (non-hydrogen) atoms. The predicted molar refractivity (Wildman–Crippen MR) is 112 cm³/mol. The van der Waals surface area contributed by atoms with Crippen molar-refractivity contribution in [1.82, 2.24) is 9.97 Å². The fourth-order valence-electron chi connectivity index (χ4n) is 2.84. The molecule has 4 rings (SSSR count). The summed E-state index contributed by atoms with van der Waals surface area (Å²) in [6.45, 7) is 0. The first-order valence-electron chi connectivity index (χ1n) is 8.55. The van der Waals surface area contributed by atoms with E-state index in [9.17, 15) is 5.26 Å². The fraction of sp³-hybridized carbons (Fsp3) is 0. The summed E-state index contributed by atoms with van der Waals surface area (Å²) in [5, 5.41) is 14.9. The summed E-state index contributed by atoms with van der Waals surface area (Å²) in [6.07, 6.45) is 1.58. The van der Waals surface area contributed by atoms with Gasteiger partial charge in [0.25, 0.3) is 0 Å². The number of hydrazone groups is 1. The van der Waals surface area contributed by atoms with E-state index in [1.165, 1.54) is 0 Å². The van der Waals surface area contributed by atoms with Gasteiger partial charge in [0.2, 0.25) is 5.95 Å². The fourth-order valence-corrected chi connectivity index (χ4v) is 3.01. The van der Waals surface area contributed by atoms with Gasteiger partial charge < -0.3 is 0 Å². The number of benzene rings is 3. The smallest absolute Gasteiger partial charge is 0.244 e. The average Bonchev–Trinajstić information content (AvgIpc) is 2.74. The Labute approximate surface area is 167 Å². The van der Waals surface area contributed by atoms with E-state index in [1.807, 2.05) is 60.7 Å². The number of fused-ring (bicyclic) bond motifs is 1. The van der Waals surface area contributed by atoms with Crippen molar-refractivity contribution in [3.63, 3.8) is 0 Å². The number of nitrogens with zero attached hydrogens (tertiary/aromatic N) is 4. The van der Waals surface area contributed by atoms with Gasteiger partial charge in [0.1, 0.15) is 0 Å². The Morgan fingerprint density at radius 1 is 0.964 bits per heavy atom. The summed E-state index contributed by atoms with van der Waals surface area (Å²) in [7, 11) is 0. The minimum Gasteiger partial charge on any atom is -0.245 e. The molecule has 1 heterocycles. The number of nitriles is 1. The number of nitrogens with one attached hydrogen (secondary N) is 1. The van der Waals surface area contributed by atoms with Gasteiger partial charge in [-0.15, -0.1) is 0 Å². The van der Waals surface area contributed by atoms with Crippen LogP contribution < -0.4 is 5.43 Å². The first kappa shape index (κ1) is 17.7. The van der Waals surface area contributed by atoms with Crippen LogP contribution in [-0.2, 0) is 0 Å². The van der Waals surface area contributed by atoms with Crippen LogP contribution in [-0.4, -0.2) is 16.2 Å². The Balaban J connectivity index is 1.73. The zero-order valence-electron chi connectivity index (χ0n) is 14.7. The lowest BCUT2D eigenvalue weighted by Gasteiger charge is -2.09. The highest BCUT2D eigenvalue weighted by Gasteiger charge is 2.10. The Morgan fingerprint density at radius 2 is 1.75 bits per heavy atom. The SMILES string of the molecule is N#Cc1ccccc1C=NNc1nc(-c2ccccc2)c2cc(Cl)ccc2n1. The number of hydrogen-bond acceptors (Lipinski definition) is 5. The maximum absolute atomic E-state index is 9.17.